The normalized spacial score (nSPS) is 10.5. The Morgan fingerprint density at radius 2 is 2.12 bits per heavy atom. The van der Waals surface area contributed by atoms with Gasteiger partial charge in [0.15, 0.2) is 0 Å². The standard InChI is InChI=1S/C12H19N3S/c1-9-4-5-11(10(8-9)12(13)16)14-6-7-15(2)3/h4-5,8,14H,6-7H2,1-3H3,(H2,13,16). The lowest BCUT2D eigenvalue weighted by atomic mass is 10.1. The fourth-order valence-electron chi connectivity index (χ4n) is 1.43. The van der Waals surface area contributed by atoms with Gasteiger partial charge in [0.25, 0.3) is 0 Å². The maximum absolute atomic E-state index is 5.70. The molecule has 0 aliphatic carbocycles. The fraction of sp³-hybridized carbons (Fsp3) is 0.417. The lowest BCUT2D eigenvalue weighted by molar-refractivity contribution is 0.425. The number of thiocarbonyl (C=S) groups is 1. The highest BCUT2D eigenvalue weighted by Gasteiger charge is 2.04. The summed E-state index contributed by atoms with van der Waals surface area (Å²) in [5.41, 5.74) is 8.80. The summed E-state index contributed by atoms with van der Waals surface area (Å²) < 4.78 is 0. The minimum Gasteiger partial charge on any atom is -0.389 e. The first kappa shape index (κ1) is 12.9. The van der Waals surface area contributed by atoms with Crippen LogP contribution >= 0.6 is 12.2 Å². The van der Waals surface area contributed by atoms with E-state index >= 15 is 0 Å². The van der Waals surface area contributed by atoms with Gasteiger partial charge in [-0.15, -0.1) is 0 Å². The Kier molecular flexibility index (Phi) is 4.71. The molecule has 0 aliphatic rings. The van der Waals surface area contributed by atoms with Crippen LogP contribution < -0.4 is 11.1 Å². The molecule has 0 atom stereocenters. The van der Waals surface area contributed by atoms with E-state index in [0.29, 0.717) is 4.99 Å². The topological polar surface area (TPSA) is 41.3 Å². The zero-order valence-corrected chi connectivity index (χ0v) is 10.9. The molecule has 0 aliphatic heterocycles. The number of rotatable bonds is 5. The highest BCUT2D eigenvalue weighted by atomic mass is 32.1. The van der Waals surface area contributed by atoms with Gasteiger partial charge in [-0.1, -0.05) is 23.8 Å². The van der Waals surface area contributed by atoms with E-state index in [1.54, 1.807) is 0 Å². The van der Waals surface area contributed by atoms with Gasteiger partial charge >= 0.3 is 0 Å². The number of aryl methyl sites for hydroxylation is 1. The van der Waals surface area contributed by atoms with Crippen molar-refractivity contribution >= 4 is 22.9 Å². The molecule has 0 radical (unpaired) electrons. The van der Waals surface area contributed by atoms with Crippen molar-refractivity contribution in [3.05, 3.63) is 29.3 Å². The van der Waals surface area contributed by atoms with Crippen molar-refractivity contribution in [1.82, 2.24) is 4.90 Å². The first-order valence-electron chi connectivity index (χ1n) is 5.30. The van der Waals surface area contributed by atoms with Gasteiger partial charge < -0.3 is 16.0 Å². The molecule has 1 rings (SSSR count). The van der Waals surface area contributed by atoms with Crippen LogP contribution in [0.1, 0.15) is 11.1 Å². The molecule has 0 spiro atoms. The van der Waals surface area contributed by atoms with Gasteiger partial charge in [-0.05, 0) is 33.2 Å². The van der Waals surface area contributed by atoms with Gasteiger partial charge in [0.2, 0.25) is 0 Å². The van der Waals surface area contributed by atoms with Crippen molar-refractivity contribution in [2.24, 2.45) is 5.73 Å². The zero-order valence-electron chi connectivity index (χ0n) is 10.1. The summed E-state index contributed by atoms with van der Waals surface area (Å²) in [6, 6.07) is 6.10. The van der Waals surface area contributed by atoms with Crippen LogP contribution in [0.5, 0.6) is 0 Å². The summed E-state index contributed by atoms with van der Waals surface area (Å²) >= 11 is 5.04. The molecule has 1 aromatic carbocycles. The van der Waals surface area contributed by atoms with Crippen LogP contribution in [0.25, 0.3) is 0 Å². The predicted molar refractivity (Wildman–Crippen MR) is 74.1 cm³/mol. The number of nitrogens with one attached hydrogen (secondary N) is 1. The molecule has 0 fully saturated rings. The second kappa shape index (κ2) is 5.82. The van der Waals surface area contributed by atoms with E-state index in [0.717, 1.165) is 24.3 Å². The number of hydrogen-bond donors (Lipinski definition) is 2. The summed E-state index contributed by atoms with van der Waals surface area (Å²) in [6.45, 7) is 3.89. The number of benzene rings is 1. The van der Waals surface area contributed by atoms with Crippen molar-refractivity contribution in [2.45, 2.75) is 6.92 Å². The first-order chi connectivity index (χ1) is 7.50. The Hall–Kier alpha value is -1.13. The third-order valence-corrected chi connectivity index (χ3v) is 2.53. The summed E-state index contributed by atoms with van der Waals surface area (Å²) in [5, 5.41) is 3.34. The van der Waals surface area contributed by atoms with Crippen molar-refractivity contribution in [3.63, 3.8) is 0 Å². The minimum atomic E-state index is 0.441. The average molecular weight is 237 g/mol. The van der Waals surface area contributed by atoms with Gasteiger partial charge in [0.05, 0.1) is 0 Å². The molecule has 0 saturated carbocycles. The van der Waals surface area contributed by atoms with Crippen LogP contribution in [0.15, 0.2) is 18.2 Å². The lowest BCUT2D eigenvalue weighted by Gasteiger charge is -2.14. The highest BCUT2D eigenvalue weighted by molar-refractivity contribution is 7.80. The maximum Gasteiger partial charge on any atom is 0.106 e. The maximum atomic E-state index is 5.70. The predicted octanol–water partition coefficient (Wildman–Crippen LogP) is 1.60. The smallest absolute Gasteiger partial charge is 0.106 e. The number of nitrogens with two attached hydrogens (primary N) is 1. The fourth-order valence-corrected chi connectivity index (χ4v) is 1.60. The molecular weight excluding hydrogens is 218 g/mol. The third-order valence-electron chi connectivity index (χ3n) is 2.31. The first-order valence-corrected chi connectivity index (χ1v) is 5.70. The van der Waals surface area contributed by atoms with E-state index in [4.69, 9.17) is 18.0 Å². The molecule has 1 aromatic rings. The molecule has 0 heterocycles. The van der Waals surface area contributed by atoms with Crippen molar-refractivity contribution in [3.8, 4) is 0 Å². The number of likely N-dealkylation sites (N-methyl/N-ethyl adjacent to an activating group) is 1. The van der Waals surface area contributed by atoms with Crippen LogP contribution in [0.3, 0.4) is 0 Å². The Morgan fingerprint density at radius 1 is 1.44 bits per heavy atom. The number of anilines is 1. The van der Waals surface area contributed by atoms with Crippen LogP contribution in [-0.2, 0) is 0 Å². The summed E-state index contributed by atoms with van der Waals surface area (Å²) in [6.07, 6.45) is 0. The molecule has 0 amide bonds. The van der Waals surface area contributed by atoms with Crippen LogP contribution in [0.4, 0.5) is 5.69 Å². The van der Waals surface area contributed by atoms with Gasteiger partial charge in [-0.25, -0.2) is 0 Å². The Balaban J connectivity index is 2.75. The second-order valence-electron chi connectivity index (χ2n) is 4.14. The SMILES string of the molecule is Cc1ccc(NCCN(C)C)c(C(N)=S)c1. The molecule has 3 N–H and O–H groups in total. The second-order valence-corrected chi connectivity index (χ2v) is 4.58. The van der Waals surface area contributed by atoms with Crippen LogP contribution in [0.2, 0.25) is 0 Å². The highest BCUT2D eigenvalue weighted by Crippen LogP contribution is 2.16. The number of hydrogen-bond acceptors (Lipinski definition) is 3. The van der Waals surface area contributed by atoms with Gasteiger partial charge in [-0.3, -0.25) is 0 Å². The van der Waals surface area contributed by atoms with E-state index in [2.05, 4.69) is 16.3 Å². The van der Waals surface area contributed by atoms with Crippen molar-refractivity contribution < 1.29 is 0 Å². The van der Waals surface area contributed by atoms with E-state index < -0.39 is 0 Å². The van der Waals surface area contributed by atoms with E-state index in [-0.39, 0.29) is 0 Å². The Bertz CT molecular complexity index is 375. The Labute approximate surface area is 103 Å². The molecule has 0 unspecified atom stereocenters. The van der Waals surface area contributed by atoms with Crippen molar-refractivity contribution in [2.75, 3.05) is 32.5 Å². The minimum absolute atomic E-state index is 0.441. The summed E-state index contributed by atoms with van der Waals surface area (Å²) in [5.74, 6) is 0. The molecule has 4 heteroatoms. The van der Waals surface area contributed by atoms with Crippen molar-refractivity contribution in [1.29, 1.82) is 0 Å². The molecule has 0 aromatic heterocycles. The van der Waals surface area contributed by atoms with E-state index in [1.807, 2.05) is 33.2 Å². The van der Waals surface area contributed by atoms with Gasteiger partial charge in [0, 0.05) is 24.3 Å². The monoisotopic (exact) mass is 237 g/mol. The zero-order chi connectivity index (χ0) is 12.1. The summed E-state index contributed by atoms with van der Waals surface area (Å²) in [7, 11) is 4.09. The van der Waals surface area contributed by atoms with E-state index in [9.17, 15) is 0 Å². The molecule has 0 saturated heterocycles. The molecule has 88 valence electrons. The molecule has 3 nitrogen and oxygen atoms in total. The van der Waals surface area contributed by atoms with Crippen LogP contribution in [0, 0.1) is 6.92 Å². The van der Waals surface area contributed by atoms with Gasteiger partial charge in [-0.2, -0.15) is 0 Å². The summed E-state index contributed by atoms with van der Waals surface area (Å²) in [4.78, 5) is 2.57. The quantitative estimate of drug-likeness (QED) is 0.763. The lowest BCUT2D eigenvalue weighted by Crippen LogP contribution is -2.22. The molecular formula is C12H19N3S. The molecule has 16 heavy (non-hydrogen) atoms. The molecule has 0 bridgehead atoms. The largest absolute Gasteiger partial charge is 0.389 e. The van der Waals surface area contributed by atoms with Crippen LogP contribution in [-0.4, -0.2) is 37.1 Å². The van der Waals surface area contributed by atoms with Gasteiger partial charge in [0.1, 0.15) is 4.99 Å². The third kappa shape index (κ3) is 3.79. The Morgan fingerprint density at radius 3 is 2.69 bits per heavy atom. The van der Waals surface area contributed by atoms with E-state index in [1.165, 1.54) is 5.56 Å². The number of nitrogens with zero attached hydrogens (tertiary/aromatic N) is 1. The average Bonchev–Trinajstić information content (AvgIpc) is 2.19.